The Morgan fingerprint density at radius 1 is 1.00 bits per heavy atom. The molecule has 0 radical (unpaired) electrons. The lowest BCUT2D eigenvalue weighted by molar-refractivity contribution is 0.385. The van der Waals surface area contributed by atoms with Crippen LogP contribution in [-0.2, 0) is 10.0 Å². The normalized spacial score (nSPS) is 12.1. The third kappa shape index (κ3) is 6.18. The van der Waals surface area contributed by atoms with Crippen molar-refractivity contribution in [1.29, 1.82) is 0 Å². The van der Waals surface area contributed by atoms with Crippen molar-refractivity contribution in [2.24, 2.45) is 0 Å². The van der Waals surface area contributed by atoms with Gasteiger partial charge in [0.1, 0.15) is 4.90 Å². The SMILES string of the molecule is CCCCCCN(CCCCCC)S(=O)(=O)c1cn[nH]c1. The molecule has 21 heavy (non-hydrogen) atoms. The van der Waals surface area contributed by atoms with Crippen molar-refractivity contribution in [1.82, 2.24) is 14.5 Å². The van der Waals surface area contributed by atoms with E-state index >= 15 is 0 Å². The van der Waals surface area contributed by atoms with Crippen molar-refractivity contribution in [3.05, 3.63) is 12.4 Å². The number of nitrogens with one attached hydrogen (secondary N) is 1. The van der Waals surface area contributed by atoms with Crippen LogP contribution in [0.3, 0.4) is 0 Å². The van der Waals surface area contributed by atoms with Gasteiger partial charge in [0.2, 0.25) is 10.0 Å². The Labute approximate surface area is 129 Å². The van der Waals surface area contributed by atoms with Gasteiger partial charge in [0, 0.05) is 19.3 Å². The minimum absolute atomic E-state index is 0.272. The van der Waals surface area contributed by atoms with Crippen LogP contribution in [0.4, 0.5) is 0 Å². The summed E-state index contributed by atoms with van der Waals surface area (Å²) in [5.41, 5.74) is 0. The van der Waals surface area contributed by atoms with Gasteiger partial charge in [-0.2, -0.15) is 9.40 Å². The average molecular weight is 315 g/mol. The fourth-order valence-corrected chi connectivity index (χ4v) is 3.74. The van der Waals surface area contributed by atoms with Gasteiger partial charge in [0.15, 0.2) is 0 Å². The zero-order chi connectivity index (χ0) is 15.6. The second kappa shape index (κ2) is 9.95. The summed E-state index contributed by atoms with van der Waals surface area (Å²) in [6.07, 6.45) is 11.5. The standard InChI is InChI=1S/C15H29N3O2S/c1-3-5-7-9-11-18(12-10-8-6-4-2)21(19,20)15-13-16-17-14-15/h13-14H,3-12H2,1-2H3,(H,16,17). The van der Waals surface area contributed by atoms with Gasteiger partial charge in [-0.3, -0.25) is 5.10 Å². The van der Waals surface area contributed by atoms with Gasteiger partial charge in [0.25, 0.3) is 0 Å². The molecule has 0 aliphatic rings. The minimum atomic E-state index is -3.39. The van der Waals surface area contributed by atoms with Crippen molar-refractivity contribution in [2.45, 2.75) is 70.1 Å². The lowest BCUT2D eigenvalue weighted by atomic mass is 10.2. The van der Waals surface area contributed by atoms with E-state index in [1.54, 1.807) is 4.31 Å². The van der Waals surface area contributed by atoms with E-state index in [0.717, 1.165) is 51.4 Å². The van der Waals surface area contributed by atoms with Crippen molar-refractivity contribution in [2.75, 3.05) is 13.1 Å². The highest BCUT2D eigenvalue weighted by atomic mass is 32.2. The summed E-state index contributed by atoms with van der Waals surface area (Å²) in [6, 6.07) is 0. The lowest BCUT2D eigenvalue weighted by Crippen LogP contribution is -2.33. The Morgan fingerprint density at radius 3 is 2.00 bits per heavy atom. The molecule has 0 saturated heterocycles. The first-order chi connectivity index (χ1) is 10.1. The molecule has 0 saturated carbocycles. The highest BCUT2D eigenvalue weighted by Gasteiger charge is 2.24. The van der Waals surface area contributed by atoms with Crippen LogP contribution in [0, 0.1) is 0 Å². The van der Waals surface area contributed by atoms with Gasteiger partial charge >= 0.3 is 0 Å². The third-order valence-electron chi connectivity index (χ3n) is 3.63. The van der Waals surface area contributed by atoms with Crippen molar-refractivity contribution < 1.29 is 8.42 Å². The summed E-state index contributed by atoms with van der Waals surface area (Å²) < 4.78 is 26.8. The zero-order valence-corrected chi connectivity index (χ0v) is 14.2. The Bertz CT molecular complexity index is 445. The molecule has 1 rings (SSSR count). The van der Waals surface area contributed by atoms with E-state index in [4.69, 9.17) is 0 Å². The molecule has 0 fully saturated rings. The van der Waals surface area contributed by atoms with Gasteiger partial charge in [-0.1, -0.05) is 52.4 Å². The topological polar surface area (TPSA) is 66.1 Å². The number of H-pyrrole nitrogens is 1. The third-order valence-corrected chi connectivity index (χ3v) is 5.50. The van der Waals surface area contributed by atoms with Gasteiger partial charge < -0.3 is 0 Å². The average Bonchev–Trinajstić information content (AvgIpc) is 3.00. The maximum absolute atomic E-state index is 12.6. The molecule has 0 spiro atoms. The van der Waals surface area contributed by atoms with E-state index in [-0.39, 0.29) is 4.90 Å². The molecule has 0 aliphatic heterocycles. The molecule has 1 N–H and O–H groups in total. The monoisotopic (exact) mass is 315 g/mol. The van der Waals surface area contributed by atoms with Crippen LogP contribution in [0.5, 0.6) is 0 Å². The van der Waals surface area contributed by atoms with Gasteiger partial charge in [0.05, 0.1) is 6.20 Å². The summed E-state index contributed by atoms with van der Waals surface area (Å²) in [7, 11) is -3.39. The molecule has 1 heterocycles. The van der Waals surface area contributed by atoms with E-state index in [2.05, 4.69) is 24.0 Å². The minimum Gasteiger partial charge on any atom is -0.284 e. The number of hydrogen-bond donors (Lipinski definition) is 1. The number of nitrogens with zero attached hydrogens (tertiary/aromatic N) is 2. The Morgan fingerprint density at radius 2 is 1.57 bits per heavy atom. The summed E-state index contributed by atoms with van der Waals surface area (Å²) in [5.74, 6) is 0. The first-order valence-electron chi connectivity index (χ1n) is 8.11. The van der Waals surface area contributed by atoms with Crippen LogP contribution in [0.15, 0.2) is 17.3 Å². The number of hydrogen-bond acceptors (Lipinski definition) is 3. The molecule has 0 aromatic carbocycles. The molecule has 1 aromatic rings. The fourth-order valence-electron chi connectivity index (χ4n) is 2.31. The van der Waals surface area contributed by atoms with Crippen molar-refractivity contribution in [3.63, 3.8) is 0 Å². The summed E-state index contributed by atoms with van der Waals surface area (Å²) in [6.45, 7) is 5.54. The highest BCUT2D eigenvalue weighted by Crippen LogP contribution is 2.16. The molecule has 1 aromatic heterocycles. The summed E-state index contributed by atoms with van der Waals surface area (Å²) in [5, 5.41) is 6.35. The van der Waals surface area contributed by atoms with Crippen LogP contribution < -0.4 is 0 Å². The quantitative estimate of drug-likeness (QED) is 0.600. The van der Waals surface area contributed by atoms with Gasteiger partial charge in [-0.15, -0.1) is 0 Å². The molecular formula is C15H29N3O2S. The Hall–Kier alpha value is -0.880. The van der Waals surface area contributed by atoms with Gasteiger partial charge in [-0.25, -0.2) is 8.42 Å². The number of rotatable bonds is 12. The summed E-state index contributed by atoms with van der Waals surface area (Å²) >= 11 is 0. The number of unbranched alkanes of at least 4 members (excludes halogenated alkanes) is 6. The van der Waals surface area contributed by atoms with E-state index in [1.807, 2.05) is 0 Å². The Balaban J connectivity index is 2.61. The van der Waals surface area contributed by atoms with Crippen LogP contribution in [0.25, 0.3) is 0 Å². The van der Waals surface area contributed by atoms with E-state index < -0.39 is 10.0 Å². The van der Waals surface area contributed by atoms with Crippen molar-refractivity contribution >= 4 is 10.0 Å². The first-order valence-corrected chi connectivity index (χ1v) is 9.55. The largest absolute Gasteiger partial charge is 0.284 e. The van der Waals surface area contributed by atoms with E-state index in [1.165, 1.54) is 12.4 Å². The first kappa shape index (κ1) is 18.2. The fraction of sp³-hybridized carbons (Fsp3) is 0.800. The molecule has 0 unspecified atom stereocenters. The maximum atomic E-state index is 12.6. The number of aromatic amines is 1. The Kier molecular flexibility index (Phi) is 8.61. The molecule has 0 bridgehead atoms. The zero-order valence-electron chi connectivity index (χ0n) is 13.3. The van der Waals surface area contributed by atoms with Gasteiger partial charge in [-0.05, 0) is 12.8 Å². The number of aromatic nitrogens is 2. The van der Waals surface area contributed by atoms with Crippen LogP contribution in [0.1, 0.15) is 65.2 Å². The molecule has 5 nitrogen and oxygen atoms in total. The molecule has 0 amide bonds. The van der Waals surface area contributed by atoms with E-state index in [0.29, 0.717) is 13.1 Å². The molecule has 6 heteroatoms. The summed E-state index contributed by atoms with van der Waals surface area (Å²) in [4.78, 5) is 0.272. The predicted octanol–water partition coefficient (Wildman–Crippen LogP) is 3.56. The molecule has 0 atom stereocenters. The van der Waals surface area contributed by atoms with Crippen molar-refractivity contribution in [3.8, 4) is 0 Å². The maximum Gasteiger partial charge on any atom is 0.246 e. The molecule has 122 valence electrons. The second-order valence-corrected chi connectivity index (χ2v) is 7.40. The smallest absolute Gasteiger partial charge is 0.246 e. The second-order valence-electron chi connectivity index (χ2n) is 5.46. The molecular weight excluding hydrogens is 286 g/mol. The van der Waals surface area contributed by atoms with E-state index in [9.17, 15) is 8.42 Å². The predicted molar refractivity (Wildman–Crippen MR) is 85.6 cm³/mol. The lowest BCUT2D eigenvalue weighted by Gasteiger charge is -2.21. The van der Waals surface area contributed by atoms with Crippen LogP contribution >= 0.6 is 0 Å². The highest BCUT2D eigenvalue weighted by molar-refractivity contribution is 7.89. The number of sulfonamides is 1. The van der Waals surface area contributed by atoms with Crippen LogP contribution in [0.2, 0.25) is 0 Å². The molecule has 0 aliphatic carbocycles. The van der Waals surface area contributed by atoms with Crippen LogP contribution in [-0.4, -0.2) is 36.0 Å².